The molecular weight excluding hydrogens is 248 g/mol. The van der Waals surface area contributed by atoms with Crippen molar-refractivity contribution in [2.45, 2.75) is 12.5 Å². The molecule has 0 saturated carbocycles. The Balaban J connectivity index is 2.42. The number of ether oxygens (including phenoxy) is 1. The molecule has 0 bridgehead atoms. The van der Waals surface area contributed by atoms with Crippen LogP contribution in [0, 0.1) is 0 Å². The summed E-state index contributed by atoms with van der Waals surface area (Å²) in [5, 5.41) is 20.2. The van der Waals surface area contributed by atoms with Gasteiger partial charge in [-0.1, -0.05) is 0 Å². The third-order valence-corrected chi connectivity index (χ3v) is 2.43. The average molecular weight is 268 g/mol. The van der Waals surface area contributed by atoms with Crippen molar-refractivity contribution in [3.8, 4) is 0 Å². The lowest BCUT2D eigenvalue weighted by molar-refractivity contribution is 0.0615. The molecule has 2 N–H and O–H groups in total. The van der Waals surface area contributed by atoms with E-state index in [1.165, 1.54) is 4.90 Å². The predicted molar refractivity (Wildman–Crippen MR) is 71.0 cm³/mol. The second-order valence-electron chi connectivity index (χ2n) is 4.33. The molecule has 0 fully saturated rings. The predicted octanol–water partition coefficient (Wildman–Crippen LogP) is -0.0123. The summed E-state index contributed by atoms with van der Waals surface area (Å²) in [6.45, 7) is 0.865. The van der Waals surface area contributed by atoms with Gasteiger partial charge in [0.25, 0.3) is 5.91 Å². The van der Waals surface area contributed by atoms with Gasteiger partial charge in [0.1, 0.15) is 5.82 Å². The van der Waals surface area contributed by atoms with Gasteiger partial charge in [-0.3, -0.25) is 4.79 Å². The smallest absolute Gasteiger partial charge is 0.273 e. The zero-order valence-corrected chi connectivity index (χ0v) is 11.5. The normalized spacial score (nSPS) is 12.0. The molecule has 0 saturated heterocycles. The number of amides is 1. The van der Waals surface area contributed by atoms with Crippen LogP contribution in [0.2, 0.25) is 0 Å². The zero-order valence-electron chi connectivity index (χ0n) is 11.5. The summed E-state index contributed by atoms with van der Waals surface area (Å²) >= 11 is 0. The number of aromatic nitrogens is 2. The number of nitrogens with one attached hydrogen (secondary N) is 1. The number of aliphatic hydroxyl groups excluding tert-OH is 1. The highest BCUT2D eigenvalue weighted by atomic mass is 16.5. The Morgan fingerprint density at radius 3 is 2.74 bits per heavy atom. The van der Waals surface area contributed by atoms with Gasteiger partial charge < -0.3 is 20.1 Å². The van der Waals surface area contributed by atoms with E-state index in [-0.39, 0.29) is 5.91 Å². The van der Waals surface area contributed by atoms with E-state index in [1.54, 1.807) is 33.3 Å². The van der Waals surface area contributed by atoms with Gasteiger partial charge in [0, 0.05) is 27.7 Å². The Bertz CT molecular complexity index is 394. The quantitative estimate of drug-likeness (QED) is 0.723. The molecule has 0 aromatic carbocycles. The van der Waals surface area contributed by atoms with Crippen LogP contribution in [0.1, 0.15) is 16.9 Å². The van der Waals surface area contributed by atoms with Crippen molar-refractivity contribution in [3.05, 3.63) is 17.8 Å². The minimum Gasteiger partial charge on any atom is -0.391 e. The van der Waals surface area contributed by atoms with Crippen LogP contribution < -0.4 is 5.32 Å². The molecule has 1 unspecified atom stereocenters. The first-order valence-electron chi connectivity index (χ1n) is 6.01. The minimum atomic E-state index is -0.500. The maximum Gasteiger partial charge on any atom is 0.273 e. The van der Waals surface area contributed by atoms with Crippen molar-refractivity contribution >= 4 is 11.7 Å². The van der Waals surface area contributed by atoms with Gasteiger partial charge in [-0.25, -0.2) is 0 Å². The molecule has 0 aliphatic heterocycles. The molecule has 0 spiro atoms. The number of carbonyl (C=O) groups is 1. The molecular formula is C12H20N4O3. The molecule has 0 radical (unpaired) electrons. The number of rotatable bonds is 7. The second-order valence-corrected chi connectivity index (χ2v) is 4.33. The van der Waals surface area contributed by atoms with Gasteiger partial charge in [-0.15, -0.1) is 10.2 Å². The standard InChI is InChI=1S/C12H20N4O3/c1-16(2)12(18)10-4-5-11(15-14-10)13-7-6-9(17)8-19-3/h4-5,9,17H,6-8H2,1-3H3,(H,13,15). The van der Waals surface area contributed by atoms with Crippen LogP contribution in [-0.2, 0) is 4.74 Å². The molecule has 1 rings (SSSR count). The molecule has 1 aromatic rings. The van der Waals surface area contributed by atoms with Crippen molar-refractivity contribution in [1.29, 1.82) is 0 Å². The number of hydrogen-bond donors (Lipinski definition) is 2. The van der Waals surface area contributed by atoms with E-state index in [2.05, 4.69) is 15.5 Å². The molecule has 1 amide bonds. The molecule has 1 heterocycles. The monoisotopic (exact) mass is 268 g/mol. The lowest BCUT2D eigenvalue weighted by Gasteiger charge is -2.11. The molecule has 1 atom stereocenters. The number of methoxy groups -OCH3 is 1. The number of nitrogens with zero attached hydrogens (tertiary/aromatic N) is 3. The highest BCUT2D eigenvalue weighted by Gasteiger charge is 2.10. The molecule has 7 nitrogen and oxygen atoms in total. The lowest BCUT2D eigenvalue weighted by Crippen LogP contribution is -2.23. The summed E-state index contributed by atoms with van der Waals surface area (Å²) in [6, 6.07) is 3.30. The number of carbonyl (C=O) groups excluding carboxylic acids is 1. The fourth-order valence-corrected chi connectivity index (χ4v) is 1.41. The van der Waals surface area contributed by atoms with Crippen molar-refractivity contribution in [3.63, 3.8) is 0 Å². The molecule has 1 aromatic heterocycles. The van der Waals surface area contributed by atoms with Crippen LogP contribution in [0.25, 0.3) is 0 Å². The van der Waals surface area contributed by atoms with Crippen LogP contribution in [0.3, 0.4) is 0 Å². The van der Waals surface area contributed by atoms with Crippen LogP contribution in [-0.4, -0.2) is 66.6 Å². The number of hydrogen-bond acceptors (Lipinski definition) is 6. The fourth-order valence-electron chi connectivity index (χ4n) is 1.41. The number of anilines is 1. The van der Waals surface area contributed by atoms with E-state index >= 15 is 0 Å². The Kier molecular flexibility index (Phi) is 6.17. The summed E-state index contributed by atoms with van der Waals surface area (Å²) in [7, 11) is 4.86. The first-order chi connectivity index (χ1) is 9.04. The van der Waals surface area contributed by atoms with Crippen LogP contribution in [0.5, 0.6) is 0 Å². The van der Waals surface area contributed by atoms with Gasteiger partial charge in [-0.05, 0) is 18.6 Å². The van der Waals surface area contributed by atoms with Crippen LogP contribution in [0.4, 0.5) is 5.82 Å². The average Bonchev–Trinajstić information content (AvgIpc) is 2.39. The summed E-state index contributed by atoms with van der Waals surface area (Å²) in [6.07, 6.45) is 0.0496. The van der Waals surface area contributed by atoms with Gasteiger partial charge in [0.05, 0.1) is 12.7 Å². The summed E-state index contributed by atoms with van der Waals surface area (Å²) < 4.78 is 4.82. The SMILES string of the molecule is COCC(O)CCNc1ccc(C(=O)N(C)C)nn1. The molecule has 0 aliphatic rings. The Hall–Kier alpha value is -1.73. The summed E-state index contributed by atoms with van der Waals surface area (Å²) in [5.41, 5.74) is 0.301. The van der Waals surface area contributed by atoms with Gasteiger partial charge in [0.15, 0.2) is 5.69 Å². The van der Waals surface area contributed by atoms with Gasteiger partial charge >= 0.3 is 0 Å². The largest absolute Gasteiger partial charge is 0.391 e. The van der Waals surface area contributed by atoms with E-state index in [0.29, 0.717) is 31.1 Å². The van der Waals surface area contributed by atoms with Crippen LogP contribution >= 0.6 is 0 Å². The Morgan fingerprint density at radius 2 is 2.21 bits per heavy atom. The van der Waals surface area contributed by atoms with E-state index in [0.717, 1.165) is 0 Å². The third kappa shape index (κ3) is 5.19. The highest BCUT2D eigenvalue weighted by Crippen LogP contribution is 2.04. The van der Waals surface area contributed by atoms with E-state index < -0.39 is 6.10 Å². The summed E-state index contributed by atoms with van der Waals surface area (Å²) in [5.74, 6) is 0.384. The maximum atomic E-state index is 11.6. The van der Waals surface area contributed by atoms with Crippen molar-refractivity contribution in [1.82, 2.24) is 15.1 Å². The van der Waals surface area contributed by atoms with Gasteiger partial charge in [-0.2, -0.15) is 0 Å². The lowest BCUT2D eigenvalue weighted by atomic mass is 10.2. The molecule has 0 aliphatic carbocycles. The van der Waals surface area contributed by atoms with E-state index in [1.807, 2.05) is 0 Å². The Morgan fingerprint density at radius 1 is 1.47 bits per heavy atom. The zero-order chi connectivity index (χ0) is 14.3. The highest BCUT2D eigenvalue weighted by molar-refractivity contribution is 5.91. The van der Waals surface area contributed by atoms with Gasteiger partial charge in [0.2, 0.25) is 0 Å². The van der Waals surface area contributed by atoms with E-state index in [9.17, 15) is 9.90 Å². The van der Waals surface area contributed by atoms with Crippen molar-refractivity contribution in [2.75, 3.05) is 39.7 Å². The minimum absolute atomic E-state index is 0.186. The van der Waals surface area contributed by atoms with Crippen LogP contribution in [0.15, 0.2) is 12.1 Å². The fraction of sp³-hybridized carbons (Fsp3) is 0.583. The van der Waals surface area contributed by atoms with Crippen molar-refractivity contribution in [2.24, 2.45) is 0 Å². The molecule has 106 valence electrons. The second kappa shape index (κ2) is 7.65. The first-order valence-corrected chi connectivity index (χ1v) is 6.01. The Labute approximate surface area is 112 Å². The maximum absolute atomic E-state index is 11.6. The third-order valence-electron chi connectivity index (χ3n) is 2.43. The molecule has 7 heteroatoms. The topological polar surface area (TPSA) is 87.6 Å². The number of aliphatic hydroxyl groups is 1. The van der Waals surface area contributed by atoms with Crippen molar-refractivity contribution < 1.29 is 14.6 Å². The summed E-state index contributed by atoms with van der Waals surface area (Å²) in [4.78, 5) is 13.0. The molecule has 19 heavy (non-hydrogen) atoms. The first kappa shape index (κ1) is 15.3. The van der Waals surface area contributed by atoms with E-state index in [4.69, 9.17) is 4.74 Å².